The number of aromatic nitrogens is 2. The Morgan fingerprint density at radius 2 is 1.32 bits per heavy atom. The number of nitrogens with zero attached hydrogens (tertiary/aromatic N) is 5. The molecule has 0 aliphatic carbocycles. The zero-order chi connectivity index (χ0) is 17.1. The Hall–Kier alpha value is -2.14. The predicted molar refractivity (Wildman–Crippen MR) is 103 cm³/mol. The molecule has 0 unspecified atom stereocenters. The van der Waals surface area contributed by atoms with Gasteiger partial charge in [-0.3, -0.25) is 0 Å². The van der Waals surface area contributed by atoms with Crippen LogP contribution >= 0.6 is 0 Å². The molecule has 0 radical (unpaired) electrons. The first kappa shape index (κ1) is 16.3. The van der Waals surface area contributed by atoms with Crippen LogP contribution in [-0.2, 0) is 0 Å². The second-order valence-electron chi connectivity index (χ2n) is 7.11. The third-order valence-electron chi connectivity index (χ3n) is 5.24. The van der Waals surface area contributed by atoms with Crippen LogP contribution in [-0.4, -0.2) is 61.2 Å². The summed E-state index contributed by atoms with van der Waals surface area (Å²) >= 11 is 0. The maximum atomic E-state index is 4.92. The van der Waals surface area contributed by atoms with Crippen LogP contribution in [0.15, 0.2) is 36.4 Å². The minimum absolute atomic E-state index is 0.845. The van der Waals surface area contributed by atoms with Gasteiger partial charge in [0.2, 0.25) is 0 Å². The highest BCUT2D eigenvalue weighted by Gasteiger charge is 2.20. The summed E-state index contributed by atoms with van der Waals surface area (Å²) in [6, 6.07) is 12.6. The first-order valence-electron chi connectivity index (χ1n) is 9.42. The van der Waals surface area contributed by atoms with Gasteiger partial charge in [-0.15, -0.1) is 0 Å². The van der Waals surface area contributed by atoms with Crippen molar-refractivity contribution in [2.24, 2.45) is 0 Å². The van der Waals surface area contributed by atoms with Crippen LogP contribution in [0.4, 0.5) is 11.6 Å². The lowest BCUT2D eigenvalue weighted by Gasteiger charge is -2.34. The van der Waals surface area contributed by atoms with E-state index in [9.17, 15) is 0 Å². The number of piperidine rings is 1. The number of rotatable bonds is 3. The second-order valence-corrected chi connectivity index (χ2v) is 7.11. The van der Waals surface area contributed by atoms with Crippen molar-refractivity contribution >= 4 is 11.6 Å². The number of hydrogen-bond acceptors (Lipinski definition) is 5. The highest BCUT2D eigenvalue weighted by molar-refractivity contribution is 5.62. The van der Waals surface area contributed by atoms with Gasteiger partial charge in [0, 0.05) is 50.9 Å². The molecule has 0 atom stereocenters. The third-order valence-corrected chi connectivity index (χ3v) is 5.24. The van der Waals surface area contributed by atoms with E-state index in [-0.39, 0.29) is 0 Å². The number of hydrogen-bond donors (Lipinski definition) is 0. The van der Waals surface area contributed by atoms with Crippen molar-refractivity contribution < 1.29 is 0 Å². The molecule has 5 heteroatoms. The zero-order valence-electron chi connectivity index (χ0n) is 15.1. The first-order valence-corrected chi connectivity index (χ1v) is 9.42. The van der Waals surface area contributed by atoms with E-state index in [1.54, 1.807) is 0 Å². The summed E-state index contributed by atoms with van der Waals surface area (Å²) in [5.41, 5.74) is 1.09. The Morgan fingerprint density at radius 1 is 0.720 bits per heavy atom. The maximum Gasteiger partial charge on any atom is 0.163 e. The summed E-state index contributed by atoms with van der Waals surface area (Å²) in [6.07, 6.45) is 3.85. The number of anilines is 2. The third kappa shape index (κ3) is 3.76. The molecule has 5 nitrogen and oxygen atoms in total. The summed E-state index contributed by atoms with van der Waals surface area (Å²) < 4.78 is 0. The van der Waals surface area contributed by atoms with Crippen molar-refractivity contribution in [3.63, 3.8) is 0 Å². The fourth-order valence-corrected chi connectivity index (χ4v) is 3.62. The molecule has 4 rings (SSSR count). The van der Waals surface area contributed by atoms with Crippen LogP contribution in [0.2, 0.25) is 0 Å². The second kappa shape index (κ2) is 7.40. The highest BCUT2D eigenvalue weighted by atomic mass is 15.3. The summed E-state index contributed by atoms with van der Waals surface area (Å²) in [6.45, 7) is 6.44. The van der Waals surface area contributed by atoms with E-state index in [1.165, 1.54) is 19.3 Å². The lowest BCUT2D eigenvalue weighted by molar-refractivity contribution is 0.312. The van der Waals surface area contributed by atoms with E-state index in [1.807, 2.05) is 6.07 Å². The van der Waals surface area contributed by atoms with Crippen molar-refractivity contribution in [3.05, 3.63) is 36.4 Å². The van der Waals surface area contributed by atoms with Gasteiger partial charge in [0.15, 0.2) is 5.82 Å². The van der Waals surface area contributed by atoms with Gasteiger partial charge in [-0.25, -0.2) is 9.97 Å². The van der Waals surface area contributed by atoms with Gasteiger partial charge >= 0.3 is 0 Å². The lowest BCUT2D eigenvalue weighted by Crippen LogP contribution is -2.45. The molecule has 2 aromatic rings. The molecule has 2 aliphatic rings. The van der Waals surface area contributed by atoms with Gasteiger partial charge in [0.25, 0.3) is 0 Å². The monoisotopic (exact) mass is 337 g/mol. The van der Waals surface area contributed by atoms with Gasteiger partial charge in [-0.05, 0) is 26.3 Å². The smallest absolute Gasteiger partial charge is 0.163 e. The Morgan fingerprint density at radius 3 is 1.96 bits per heavy atom. The first-order chi connectivity index (χ1) is 12.3. The standard InChI is InChI=1S/C20H27N5/c1-23-12-14-25(15-13-23)19-16-18(24-10-6-3-7-11-24)21-20(22-19)17-8-4-2-5-9-17/h2,4-5,8-9,16H,3,6-7,10-15H2,1H3. The van der Waals surface area contributed by atoms with Crippen LogP contribution in [0.3, 0.4) is 0 Å². The van der Waals surface area contributed by atoms with Crippen molar-refractivity contribution in [2.45, 2.75) is 19.3 Å². The Kier molecular flexibility index (Phi) is 4.83. The van der Waals surface area contributed by atoms with Crippen molar-refractivity contribution in [1.29, 1.82) is 0 Å². The molecule has 1 aromatic heterocycles. The van der Waals surface area contributed by atoms with Crippen LogP contribution in [0.5, 0.6) is 0 Å². The fourth-order valence-electron chi connectivity index (χ4n) is 3.62. The van der Waals surface area contributed by atoms with Crippen LogP contribution in [0.25, 0.3) is 11.4 Å². The van der Waals surface area contributed by atoms with Crippen LogP contribution in [0, 0.1) is 0 Å². The topological polar surface area (TPSA) is 35.5 Å². The SMILES string of the molecule is CN1CCN(c2cc(N3CCCCC3)nc(-c3ccccc3)n2)CC1. The van der Waals surface area contributed by atoms with Crippen molar-refractivity contribution in [1.82, 2.24) is 14.9 Å². The molecule has 2 saturated heterocycles. The zero-order valence-corrected chi connectivity index (χ0v) is 15.1. The Labute approximate surface area is 150 Å². The predicted octanol–water partition coefficient (Wildman–Crippen LogP) is 2.89. The molecule has 0 spiro atoms. The number of piperazine rings is 1. The molecular weight excluding hydrogens is 310 g/mol. The molecule has 2 fully saturated rings. The van der Waals surface area contributed by atoms with Crippen LogP contribution in [0.1, 0.15) is 19.3 Å². The van der Waals surface area contributed by atoms with E-state index in [2.05, 4.69) is 52.1 Å². The molecule has 0 saturated carbocycles. The quantitative estimate of drug-likeness (QED) is 0.860. The summed E-state index contributed by atoms with van der Waals surface area (Å²) in [7, 11) is 2.19. The lowest BCUT2D eigenvalue weighted by atomic mass is 10.1. The normalized spacial score (nSPS) is 19.2. The molecule has 25 heavy (non-hydrogen) atoms. The fraction of sp³-hybridized carbons (Fsp3) is 0.500. The van der Waals surface area contributed by atoms with Gasteiger partial charge in [0.05, 0.1) is 0 Å². The molecule has 132 valence electrons. The van der Waals surface area contributed by atoms with E-state index in [4.69, 9.17) is 9.97 Å². The molecule has 0 amide bonds. The van der Waals surface area contributed by atoms with Gasteiger partial charge in [0.1, 0.15) is 11.6 Å². The summed E-state index contributed by atoms with van der Waals surface area (Å²) in [4.78, 5) is 17.0. The number of likely N-dealkylation sites (N-methyl/N-ethyl adjacent to an activating group) is 1. The van der Waals surface area contributed by atoms with E-state index >= 15 is 0 Å². The average molecular weight is 337 g/mol. The summed E-state index contributed by atoms with van der Waals surface area (Å²) in [5, 5.41) is 0. The number of benzene rings is 1. The largest absolute Gasteiger partial charge is 0.356 e. The Bertz CT molecular complexity index is 688. The average Bonchev–Trinajstić information content (AvgIpc) is 2.69. The van der Waals surface area contributed by atoms with Crippen LogP contribution < -0.4 is 9.80 Å². The van der Waals surface area contributed by atoms with Gasteiger partial charge in [-0.2, -0.15) is 0 Å². The van der Waals surface area contributed by atoms with E-state index < -0.39 is 0 Å². The molecule has 0 bridgehead atoms. The van der Waals surface area contributed by atoms with Gasteiger partial charge < -0.3 is 14.7 Å². The Balaban J connectivity index is 1.69. The van der Waals surface area contributed by atoms with E-state index in [0.29, 0.717) is 0 Å². The molecule has 1 aromatic carbocycles. The van der Waals surface area contributed by atoms with Crippen molar-refractivity contribution in [2.75, 3.05) is 56.1 Å². The molecule has 0 N–H and O–H groups in total. The molecule has 2 aliphatic heterocycles. The molecular formula is C20H27N5. The van der Waals surface area contributed by atoms with Crippen molar-refractivity contribution in [3.8, 4) is 11.4 Å². The highest BCUT2D eigenvalue weighted by Crippen LogP contribution is 2.27. The summed E-state index contributed by atoms with van der Waals surface area (Å²) in [5.74, 6) is 3.00. The minimum Gasteiger partial charge on any atom is -0.356 e. The molecule has 3 heterocycles. The minimum atomic E-state index is 0.845. The maximum absolute atomic E-state index is 4.92. The van der Waals surface area contributed by atoms with E-state index in [0.717, 1.165) is 62.3 Å². The van der Waals surface area contributed by atoms with Gasteiger partial charge in [-0.1, -0.05) is 30.3 Å².